The molecule has 3 atom stereocenters. The van der Waals surface area contributed by atoms with Crippen molar-refractivity contribution in [1.82, 2.24) is 10.2 Å². The molecule has 0 aliphatic heterocycles. The third-order valence-electron chi connectivity index (χ3n) is 6.76. The molecule has 182 valence electrons. The van der Waals surface area contributed by atoms with Crippen molar-refractivity contribution in [2.75, 3.05) is 13.7 Å². The Morgan fingerprint density at radius 2 is 1.56 bits per heavy atom. The lowest BCUT2D eigenvalue weighted by Gasteiger charge is -2.29. The number of aliphatic carboxylic acids is 1. The maximum atomic E-state index is 13.1. The number of amides is 2. The Kier molecular flexibility index (Phi) is 8.31. The summed E-state index contributed by atoms with van der Waals surface area (Å²) in [7, 11) is 1.47. The van der Waals surface area contributed by atoms with Crippen LogP contribution in [0.15, 0.2) is 48.5 Å². The SMILES string of the molecule is CCC(C)CC(NC(=O)OCC1c2ccccc2-c2ccccc21)C(=O)N(C)C(CC)C(=O)O. The van der Waals surface area contributed by atoms with Crippen molar-refractivity contribution >= 4 is 18.0 Å². The van der Waals surface area contributed by atoms with Gasteiger partial charge in [-0.15, -0.1) is 0 Å². The zero-order valence-corrected chi connectivity index (χ0v) is 20.3. The molecular weight excluding hydrogens is 432 g/mol. The molecule has 2 amide bonds. The molecule has 2 N–H and O–H groups in total. The van der Waals surface area contributed by atoms with Crippen molar-refractivity contribution in [3.05, 3.63) is 59.7 Å². The van der Waals surface area contributed by atoms with Crippen LogP contribution in [-0.4, -0.2) is 53.7 Å². The molecule has 0 spiro atoms. The lowest BCUT2D eigenvalue weighted by molar-refractivity contribution is -0.150. The molecule has 0 fully saturated rings. The van der Waals surface area contributed by atoms with E-state index < -0.39 is 30.1 Å². The number of likely N-dealkylation sites (N-methyl/N-ethyl adjacent to an activating group) is 1. The number of ether oxygens (including phenoxy) is 1. The van der Waals surface area contributed by atoms with Gasteiger partial charge in [-0.25, -0.2) is 9.59 Å². The molecule has 0 saturated heterocycles. The number of hydrogen-bond donors (Lipinski definition) is 2. The topological polar surface area (TPSA) is 95.9 Å². The number of nitrogens with one attached hydrogen (secondary N) is 1. The minimum atomic E-state index is -1.07. The van der Waals surface area contributed by atoms with Crippen molar-refractivity contribution in [1.29, 1.82) is 0 Å². The summed E-state index contributed by atoms with van der Waals surface area (Å²) < 4.78 is 5.61. The Morgan fingerprint density at radius 1 is 1.00 bits per heavy atom. The van der Waals surface area contributed by atoms with Crippen LogP contribution < -0.4 is 5.32 Å². The maximum absolute atomic E-state index is 13.1. The first-order valence-corrected chi connectivity index (χ1v) is 11.9. The summed E-state index contributed by atoms with van der Waals surface area (Å²) in [6, 6.07) is 14.4. The van der Waals surface area contributed by atoms with Gasteiger partial charge in [0.15, 0.2) is 0 Å². The highest BCUT2D eigenvalue weighted by atomic mass is 16.5. The zero-order chi connectivity index (χ0) is 24.8. The smallest absolute Gasteiger partial charge is 0.407 e. The number of carbonyl (C=O) groups is 3. The summed E-state index contributed by atoms with van der Waals surface area (Å²) in [5, 5.41) is 12.2. The first kappa shape index (κ1) is 25.3. The largest absolute Gasteiger partial charge is 0.480 e. The van der Waals surface area contributed by atoms with E-state index in [9.17, 15) is 19.5 Å². The van der Waals surface area contributed by atoms with Crippen LogP contribution >= 0.6 is 0 Å². The Hall–Kier alpha value is -3.35. The summed E-state index contributed by atoms with van der Waals surface area (Å²) in [6.07, 6.45) is 0.828. The van der Waals surface area contributed by atoms with E-state index in [-0.39, 0.29) is 24.9 Å². The van der Waals surface area contributed by atoms with E-state index >= 15 is 0 Å². The van der Waals surface area contributed by atoms with E-state index in [0.29, 0.717) is 6.42 Å². The molecule has 1 aliphatic carbocycles. The van der Waals surface area contributed by atoms with Gasteiger partial charge in [0.05, 0.1) is 0 Å². The third kappa shape index (κ3) is 5.41. The second-order valence-corrected chi connectivity index (χ2v) is 8.98. The van der Waals surface area contributed by atoms with Crippen LogP contribution in [0.3, 0.4) is 0 Å². The summed E-state index contributed by atoms with van der Waals surface area (Å²) in [6.45, 7) is 5.86. The molecule has 0 bridgehead atoms. The maximum Gasteiger partial charge on any atom is 0.407 e. The van der Waals surface area contributed by atoms with Crippen molar-refractivity contribution in [2.45, 2.75) is 58.0 Å². The van der Waals surface area contributed by atoms with E-state index in [1.165, 1.54) is 11.9 Å². The number of carboxylic acid groups (broad SMARTS) is 1. The molecule has 3 unspecified atom stereocenters. The molecule has 1 aliphatic rings. The molecule has 0 heterocycles. The minimum Gasteiger partial charge on any atom is -0.480 e. The minimum absolute atomic E-state index is 0.0824. The van der Waals surface area contributed by atoms with Crippen LogP contribution in [0, 0.1) is 5.92 Å². The predicted molar refractivity (Wildman–Crippen MR) is 131 cm³/mol. The molecule has 0 aromatic heterocycles. The average Bonchev–Trinajstić information content (AvgIpc) is 3.15. The molecule has 2 aromatic carbocycles. The second-order valence-electron chi connectivity index (χ2n) is 8.98. The van der Waals surface area contributed by atoms with Crippen molar-refractivity contribution in [3.63, 3.8) is 0 Å². The number of rotatable bonds is 10. The van der Waals surface area contributed by atoms with Crippen LogP contribution in [0.2, 0.25) is 0 Å². The van der Waals surface area contributed by atoms with E-state index in [1.807, 2.05) is 50.2 Å². The van der Waals surface area contributed by atoms with Gasteiger partial charge in [-0.1, -0.05) is 75.7 Å². The lowest BCUT2D eigenvalue weighted by atomic mass is 9.98. The fraction of sp³-hybridized carbons (Fsp3) is 0.444. The fourth-order valence-corrected chi connectivity index (χ4v) is 4.59. The van der Waals surface area contributed by atoms with Crippen LogP contribution in [0.25, 0.3) is 11.1 Å². The van der Waals surface area contributed by atoms with Gasteiger partial charge < -0.3 is 20.1 Å². The van der Waals surface area contributed by atoms with Gasteiger partial charge in [0.25, 0.3) is 0 Å². The quantitative estimate of drug-likeness (QED) is 0.531. The molecule has 34 heavy (non-hydrogen) atoms. The summed E-state index contributed by atoms with van der Waals surface area (Å²) in [5.41, 5.74) is 4.49. The number of fused-ring (bicyclic) bond motifs is 3. The van der Waals surface area contributed by atoms with Gasteiger partial charge in [0.1, 0.15) is 18.7 Å². The molecular formula is C27H34N2O5. The third-order valence-corrected chi connectivity index (χ3v) is 6.76. The Balaban J connectivity index is 1.71. The van der Waals surface area contributed by atoms with Crippen LogP contribution in [-0.2, 0) is 14.3 Å². The van der Waals surface area contributed by atoms with Crippen LogP contribution in [0.5, 0.6) is 0 Å². The first-order chi connectivity index (χ1) is 16.3. The average molecular weight is 467 g/mol. The lowest BCUT2D eigenvalue weighted by Crippen LogP contribution is -2.52. The van der Waals surface area contributed by atoms with Crippen LogP contribution in [0.1, 0.15) is 57.1 Å². The highest BCUT2D eigenvalue weighted by Gasteiger charge is 2.33. The predicted octanol–water partition coefficient (Wildman–Crippen LogP) is 4.65. The molecule has 0 saturated carbocycles. The Bertz CT molecular complexity index is 992. The molecule has 0 radical (unpaired) electrons. The van der Waals surface area contributed by atoms with Gasteiger partial charge in [-0.2, -0.15) is 0 Å². The number of carboxylic acids is 1. The number of nitrogens with zero attached hydrogens (tertiary/aromatic N) is 1. The summed E-state index contributed by atoms with van der Waals surface area (Å²) >= 11 is 0. The Labute approximate surface area is 201 Å². The Morgan fingerprint density at radius 3 is 2.06 bits per heavy atom. The number of carbonyl (C=O) groups excluding carboxylic acids is 2. The highest BCUT2D eigenvalue weighted by Crippen LogP contribution is 2.44. The summed E-state index contributed by atoms with van der Waals surface area (Å²) in [4.78, 5) is 38.7. The van der Waals surface area contributed by atoms with Crippen LogP contribution in [0.4, 0.5) is 4.79 Å². The normalized spacial score (nSPS) is 14.9. The highest BCUT2D eigenvalue weighted by molar-refractivity contribution is 5.89. The van der Waals surface area contributed by atoms with Crippen molar-refractivity contribution in [2.24, 2.45) is 5.92 Å². The van der Waals surface area contributed by atoms with Gasteiger partial charge in [-0.3, -0.25) is 4.79 Å². The summed E-state index contributed by atoms with van der Waals surface area (Å²) in [5.74, 6) is -1.41. The van der Waals surface area contributed by atoms with Crippen molar-refractivity contribution in [3.8, 4) is 11.1 Å². The standard InChI is InChI=1S/C27H34N2O5/c1-5-17(3)15-23(25(30)29(4)24(6-2)26(31)32)28-27(33)34-16-22-20-13-9-7-11-18(20)19-12-8-10-14-21(19)22/h7-14,17,22-24H,5-6,15-16H2,1-4H3,(H,28,33)(H,31,32). The van der Waals surface area contributed by atoms with Gasteiger partial charge in [-0.05, 0) is 41.0 Å². The van der Waals surface area contributed by atoms with E-state index in [1.54, 1.807) is 6.92 Å². The molecule has 3 rings (SSSR count). The van der Waals surface area contributed by atoms with E-state index in [2.05, 4.69) is 17.4 Å². The zero-order valence-electron chi connectivity index (χ0n) is 20.3. The number of alkyl carbamates (subject to hydrolysis) is 1. The van der Waals surface area contributed by atoms with E-state index in [4.69, 9.17) is 4.74 Å². The first-order valence-electron chi connectivity index (χ1n) is 11.9. The van der Waals surface area contributed by atoms with Gasteiger partial charge in [0.2, 0.25) is 5.91 Å². The van der Waals surface area contributed by atoms with Gasteiger partial charge >= 0.3 is 12.1 Å². The number of hydrogen-bond acceptors (Lipinski definition) is 4. The monoisotopic (exact) mass is 466 g/mol. The molecule has 7 heteroatoms. The molecule has 7 nitrogen and oxygen atoms in total. The van der Waals surface area contributed by atoms with Gasteiger partial charge in [0, 0.05) is 13.0 Å². The number of benzene rings is 2. The van der Waals surface area contributed by atoms with E-state index in [0.717, 1.165) is 28.7 Å². The van der Waals surface area contributed by atoms with Crippen molar-refractivity contribution < 1.29 is 24.2 Å². The molecule has 2 aromatic rings. The second kappa shape index (κ2) is 11.2. The fourth-order valence-electron chi connectivity index (χ4n) is 4.59.